The summed E-state index contributed by atoms with van der Waals surface area (Å²) in [5, 5.41) is 4.11. The summed E-state index contributed by atoms with van der Waals surface area (Å²) in [6.07, 6.45) is 0. The average molecular weight is 806 g/mol. The first-order valence-corrected chi connectivity index (χ1v) is 21.3. The molecule has 0 saturated heterocycles. The van der Waals surface area contributed by atoms with Crippen LogP contribution in [0.15, 0.2) is 221 Å². The number of fused-ring (bicyclic) bond motifs is 9. The summed E-state index contributed by atoms with van der Waals surface area (Å²) in [6.45, 7) is 0. The highest BCUT2D eigenvalue weighted by Crippen LogP contribution is 2.56. The number of rotatable bonds is 6. The molecule has 0 spiro atoms. The maximum Gasteiger partial charge on any atom is 0.164 e. The van der Waals surface area contributed by atoms with Crippen molar-refractivity contribution < 1.29 is 8.83 Å². The van der Waals surface area contributed by atoms with E-state index in [0.717, 1.165) is 77.3 Å². The lowest BCUT2D eigenvalue weighted by Gasteiger charge is -2.34. The van der Waals surface area contributed by atoms with E-state index in [1.807, 2.05) is 42.5 Å². The average Bonchev–Trinajstić information content (AvgIpc) is 4.03. The third kappa shape index (κ3) is 5.33. The molecule has 294 valence electrons. The highest BCUT2D eigenvalue weighted by Gasteiger charge is 2.46. The van der Waals surface area contributed by atoms with Gasteiger partial charge in [-0.15, -0.1) is 0 Å². The quantitative estimate of drug-likeness (QED) is 0.167. The van der Waals surface area contributed by atoms with Crippen molar-refractivity contribution in [2.24, 2.45) is 0 Å². The van der Waals surface area contributed by atoms with Gasteiger partial charge in [0.15, 0.2) is 17.5 Å². The lowest BCUT2D eigenvalue weighted by atomic mass is 9.67. The van der Waals surface area contributed by atoms with Gasteiger partial charge in [-0.2, -0.15) is 0 Å². The molecule has 12 aromatic rings. The van der Waals surface area contributed by atoms with Gasteiger partial charge in [0.05, 0.1) is 5.41 Å². The van der Waals surface area contributed by atoms with Gasteiger partial charge in [0, 0.05) is 43.8 Å². The first-order valence-electron chi connectivity index (χ1n) is 21.3. The van der Waals surface area contributed by atoms with Crippen LogP contribution in [0.25, 0.3) is 100 Å². The first-order chi connectivity index (χ1) is 31.2. The summed E-state index contributed by atoms with van der Waals surface area (Å²) in [5.74, 6) is 1.75. The van der Waals surface area contributed by atoms with E-state index >= 15 is 0 Å². The number of hydrogen-bond donors (Lipinski definition) is 0. The fraction of sp³-hybridized carbons (Fsp3) is 0.0172. The molecule has 0 aliphatic heterocycles. The molecule has 0 unspecified atom stereocenters. The summed E-state index contributed by atoms with van der Waals surface area (Å²) in [6, 6.07) is 74.4. The molecule has 9 aromatic carbocycles. The van der Waals surface area contributed by atoms with E-state index in [1.165, 1.54) is 27.8 Å². The molecule has 0 N–H and O–H groups in total. The Morgan fingerprint density at radius 3 is 1.68 bits per heavy atom. The summed E-state index contributed by atoms with van der Waals surface area (Å²) in [5.41, 5.74) is 14.8. The minimum atomic E-state index is -0.561. The van der Waals surface area contributed by atoms with E-state index in [4.69, 9.17) is 23.8 Å². The van der Waals surface area contributed by atoms with Crippen LogP contribution in [0.2, 0.25) is 0 Å². The monoisotopic (exact) mass is 805 g/mol. The SMILES string of the molecule is c1ccc(-c2nc(-c3cccc(C4(c5ccccc5)c5ccccc5-c5ccccc54)c3)nc(-c3cccc4oc5ccc(-c6cccc7c6oc6ccccc67)cc5c34)n2)cc1. The predicted molar refractivity (Wildman–Crippen MR) is 253 cm³/mol. The maximum absolute atomic E-state index is 6.56. The minimum absolute atomic E-state index is 0.561. The highest BCUT2D eigenvalue weighted by molar-refractivity contribution is 6.14. The van der Waals surface area contributed by atoms with Crippen molar-refractivity contribution in [3.05, 3.63) is 235 Å². The maximum atomic E-state index is 6.56. The molecule has 0 fully saturated rings. The zero-order valence-electron chi connectivity index (χ0n) is 33.9. The van der Waals surface area contributed by atoms with Crippen LogP contribution in [0.4, 0.5) is 0 Å². The Kier molecular flexibility index (Phi) is 7.75. The topological polar surface area (TPSA) is 65.0 Å². The van der Waals surface area contributed by atoms with Gasteiger partial charge < -0.3 is 8.83 Å². The molecule has 3 heterocycles. The number of benzene rings is 9. The van der Waals surface area contributed by atoms with Crippen molar-refractivity contribution in [1.29, 1.82) is 0 Å². The molecule has 0 bridgehead atoms. The van der Waals surface area contributed by atoms with Crippen molar-refractivity contribution in [2.75, 3.05) is 0 Å². The van der Waals surface area contributed by atoms with Crippen molar-refractivity contribution in [2.45, 2.75) is 5.41 Å². The predicted octanol–water partition coefficient (Wildman–Crippen LogP) is 14.7. The summed E-state index contributed by atoms with van der Waals surface area (Å²) >= 11 is 0. The number of para-hydroxylation sites is 2. The molecule has 3 aromatic heterocycles. The van der Waals surface area contributed by atoms with Crippen LogP contribution in [0.5, 0.6) is 0 Å². The molecule has 13 rings (SSSR count). The van der Waals surface area contributed by atoms with Crippen LogP contribution in [0.1, 0.15) is 22.3 Å². The molecule has 1 aliphatic rings. The van der Waals surface area contributed by atoms with E-state index in [9.17, 15) is 0 Å². The largest absolute Gasteiger partial charge is 0.456 e. The minimum Gasteiger partial charge on any atom is -0.456 e. The normalized spacial score (nSPS) is 12.9. The molecule has 0 saturated carbocycles. The fourth-order valence-electron chi connectivity index (χ4n) is 10.1. The van der Waals surface area contributed by atoms with E-state index in [2.05, 4.69) is 170 Å². The van der Waals surface area contributed by atoms with Crippen molar-refractivity contribution in [1.82, 2.24) is 15.0 Å². The number of hydrogen-bond acceptors (Lipinski definition) is 5. The number of aromatic nitrogens is 3. The molecule has 0 radical (unpaired) electrons. The van der Waals surface area contributed by atoms with E-state index in [0.29, 0.717) is 17.5 Å². The van der Waals surface area contributed by atoms with Crippen molar-refractivity contribution in [3.63, 3.8) is 0 Å². The summed E-state index contributed by atoms with van der Waals surface area (Å²) < 4.78 is 13.0. The third-order valence-corrected chi connectivity index (χ3v) is 12.8. The lowest BCUT2D eigenvalue weighted by molar-refractivity contribution is 0.668. The summed E-state index contributed by atoms with van der Waals surface area (Å²) in [7, 11) is 0. The Balaban J connectivity index is 1.02. The van der Waals surface area contributed by atoms with E-state index < -0.39 is 5.41 Å². The van der Waals surface area contributed by atoms with Crippen molar-refractivity contribution >= 4 is 43.9 Å². The van der Waals surface area contributed by atoms with Gasteiger partial charge in [-0.3, -0.25) is 0 Å². The Labute approximate surface area is 362 Å². The Bertz CT molecular complexity index is 3710. The van der Waals surface area contributed by atoms with Gasteiger partial charge in [-0.25, -0.2) is 15.0 Å². The van der Waals surface area contributed by atoms with Gasteiger partial charge in [0.2, 0.25) is 0 Å². The second kappa shape index (κ2) is 13.8. The zero-order valence-corrected chi connectivity index (χ0v) is 33.9. The van der Waals surface area contributed by atoms with Crippen molar-refractivity contribution in [3.8, 4) is 56.4 Å². The molecular weight excluding hydrogens is 771 g/mol. The van der Waals surface area contributed by atoms with E-state index in [-0.39, 0.29) is 0 Å². The first kappa shape index (κ1) is 35.4. The van der Waals surface area contributed by atoms with Crippen LogP contribution < -0.4 is 0 Å². The molecule has 0 atom stereocenters. The fourth-order valence-corrected chi connectivity index (χ4v) is 10.1. The Morgan fingerprint density at radius 2 is 0.873 bits per heavy atom. The van der Waals surface area contributed by atoms with Crippen LogP contribution >= 0.6 is 0 Å². The smallest absolute Gasteiger partial charge is 0.164 e. The Morgan fingerprint density at radius 1 is 0.317 bits per heavy atom. The summed E-state index contributed by atoms with van der Waals surface area (Å²) in [4.78, 5) is 15.8. The van der Waals surface area contributed by atoms with Gasteiger partial charge >= 0.3 is 0 Å². The highest BCUT2D eigenvalue weighted by atomic mass is 16.3. The molecule has 0 amide bonds. The van der Waals surface area contributed by atoms with Gasteiger partial charge in [-0.1, -0.05) is 182 Å². The van der Waals surface area contributed by atoms with Gasteiger partial charge in [0.25, 0.3) is 0 Å². The lowest BCUT2D eigenvalue weighted by Crippen LogP contribution is -2.28. The zero-order chi connectivity index (χ0) is 41.5. The molecule has 1 aliphatic carbocycles. The molecule has 5 nitrogen and oxygen atoms in total. The second-order valence-electron chi connectivity index (χ2n) is 16.2. The van der Waals surface area contributed by atoms with Crippen LogP contribution in [-0.4, -0.2) is 15.0 Å². The van der Waals surface area contributed by atoms with Crippen LogP contribution in [0, 0.1) is 0 Å². The second-order valence-corrected chi connectivity index (χ2v) is 16.2. The molecule has 63 heavy (non-hydrogen) atoms. The van der Waals surface area contributed by atoms with Gasteiger partial charge in [-0.05, 0) is 69.3 Å². The van der Waals surface area contributed by atoms with Crippen LogP contribution in [0.3, 0.4) is 0 Å². The molecule has 5 heteroatoms. The van der Waals surface area contributed by atoms with E-state index in [1.54, 1.807) is 0 Å². The van der Waals surface area contributed by atoms with Gasteiger partial charge in [0.1, 0.15) is 22.3 Å². The number of furan rings is 2. The Hall–Kier alpha value is -8.41. The standard InChI is InChI=1S/C58H35N3O2/c1-3-16-36(17-4-1)55-59-56(38-18-13-21-40(34-38)58(39-19-5-2-6-20-39)48-28-10-7-22-42(48)43-23-8-11-29-49(43)58)61-57(60-55)46-27-15-31-52-53(46)47-35-37(32-33-51(47)62-52)41-25-14-26-45-44-24-9-12-30-50(44)63-54(41)45/h1-35H. The third-order valence-electron chi connectivity index (χ3n) is 12.8. The molecular formula is C58H35N3O2. The number of nitrogens with zero attached hydrogens (tertiary/aromatic N) is 3. The van der Waals surface area contributed by atoms with Crippen LogP contribution in [-0.2, 0) is 5.41 Å².